The van der Waals surface area contributed by atoms with Crippen LogP contribution in [0.4, 0.5) is 20.6 Å². The maximum absolute atomic E-state index is 14.7. The molecule has 2 aromatic carbocycles. The van der Waals surface area contributed by atoms with Crippen molar-refractivity contribution in [2.24, 2.45) is 7.05 Å². The zero-order chi connectivity index (χ0) is 28.0. The Hall–Kier alpha value is -4.52. The van der Waals surface area contributed by atoms with Gasteiger partial charge < -0.3 is 30.3 Å². The van der Waals surface area contributed by atoms with E-state index in [0.717, 1.165) is 18.8 Å². The molecule has 6 rings (SSSR count). The molecule has 2 aliphatic heterocycles. The number of nitrogens with zero attached hydrogens (tertiary/aromatic N) is 5. The summed E-state index contributed by atoms with van der Waals surface area (Å²) in [5.41, 5.74) is 2.10. The van der Waals surface area contributed by atoms with Gasteiger partial charge in [-0.1, -0.05) is 0 Å². The number of piperazine rings is 1. The fourth-order valence-corrected chi connectivity index (χ4v) is 5.32. The number of fused-ring (bicyclic) bond motifs is 2. The number of anilines is 2. The van der Waals surface area contributed by atoms with E-state index in [1.54, 1.807) is 31.6 Å². The summed E-state index contributed by atoms with van der Waals surface area (Å²) >= 11 is 0. The Labute approximate surface area is 228 Å². The number of carbonyl (C=O) groups excluding carboxylic acids is 2. The lowest BCUT2D eigenvalue weighted by molar-refractivity contribution is 0.100. The number of ether oxygens (including phenoxy) is 2. The van der Waals surface area contributed by atoms with Crippen LogP contribution >= 0.6 is 0 Å². The second-order valence-corrected chi connectivity index (χ2v) is 10.3. The van der Waals surface area contributed by atoms with Gasteiger partial charge >= 0.3 is 12.1 Å². The summed E-state index contributed by atoms with van der Waals surface area (Å²) in [7, 11) is 1.71. The van der Waals surface area contributed by atoms with E-state index in [1.165, 1.54) is 10.7 Å². The van der Waals surface area contributed by atoms with E-state index in [-0.39, 0.29) is 35.8 Å². The van der Waals surface area contributed by atoms with Gasteiger partial charge in [0.25, 0.3) is 5.91 Å². The molecule has 4 heterocycles. The van der Waals surface area contributed by atoms with Gasteiger partial charge in [0.05, 0.1) is 17.6 Å². The van der Waals surface area contributed by atoms with Gasteiger partial charge in [0.2, 0.25) is 0 Å². The molecule has 3 N–H and O–H groups in total. The van der Waals surface area contributed by atoms with E-state index in [1.807, 2.05) is 6.07 Å². The third kappa shape index (κ3) is 5.07. The van der Waals surface area contributed by atoms with Gasteiger partial charge in [0, 0.05) is 66.8 Å². The molecule has 4 aromatic rings. The minimum atomic E-state index is -0.532. The first-order valence-electron chi connectivity index (χ1n) is 13.1. The Morgan fingerprint density at radius 2 is 2.02 bits per heavy atom. The molecule has 1 unspecified atom stereocenters. The number of nitrogens with one attached hydrogen (secondary N) is 3. The van der Waals surface area contributed by atoms with Gasteiger partial charge in [-0.25, -0.2) is 14.2 Å². The van der Waals surface area contributed by atoms with E-state index < -0.39 is 23.9 Å². The molecule has 3 atom stereocenters. The van der Waals surface area contributed by atoms with Crippen molar-refractivity contribution in [3.8, 4) is 6.01 Å². The van der Waals surface area contributed by atoms with E-state index in [0.29, 0.717) is 28.5 Å². The van der Waals surface area contributed by atoms with Crippen molar-refractivity contribution in [2.75, 3.05) is 36.5 Å². The van der Waals surface area contributed by atoms with Crippen LogP contribution in [0, 0.1) is 5.82 Å². The van der Waals surface area contributed by atoms with E-state index in [2.05, 4.69) is 49.8 Å². The van der Waals surface area contributed by atoms with Crippen molar-refractivity contribution in [1.29, 1.82) is 0 Å². The van der Waals surface area contributed by atoms with Crippen LogP contribution in [0.25, 0.3) is 21.8 Å². The van der Waals surface area contributed by atoms with Crippen molar-refractivity contribution in [3.63, 3.8) is 0 Å². The molecule has 0 bridgehead atoms. The highest BCUT2D eigenvalue weighted by atomic mass is 19.1. The van der Waals surface area contributed by atoms with E-state index in [9.17, 15) is 14.0 Å². The van der Waals surface area contributed by atoms with Crippen molar-refractivity contribution in [1.82, 2.24) is 30.4 Å². The van der Waals surface area contributed by atoms with Crippen molar-refractivity contribution in [3.05, 3.63) is 48.0 Å². The molecule has 0 spiro atoms. The number of halogens is 1. The number of hydrogen-bond donors (Lipinski definition) is 3. The van der Waals surface area contributed by atoms with Crippen LogP contribution in [0.2, 0.25) is 0 Å². The molecule has 2 aliphatic rings. The Morgan fingerprint density at radius 3 is 2.77 bits per heavy atom. The van der Waals surface area contributed by atoms with Crippen LogP contribution < -0.4 is 25.6 Å². The Bertz CT molecular complexity index is 1620. The molecule has 0 radical (unpaired) electrons. The lowest BCUT2D eigenvalue weighted by atomic mass is 10.0. The first kappa shape index (κ1) is 25.7. The van der Waals surface area contributed by atoms with Crippen LogP contribution in [0.5, 0.6) is 6.01 Å². The van der Waals surface area contributed by atoms with Crippen LogP contribution in [-0.4, -0.2) is 76.2 Å². The number of benzene rings is 2. The summed E-state index contributed by atoms with van der Waals surface area (Å²) in [4.78, 5) is 36.1. The van der Waals surface area contributed by atoms with Crippen LogP contribution in [0.15, 0.2) is 36.7 Å². The molecular formula is C27H29FN8O4. The van der Waals surface area contributed by atoms with Gasteiger partial charge in [-0.15, -0.1) is 0 Å². The molecule has 0 aliphatic carbocycles. The molecule has 12 nitrogen and oxygen atoms in total. The molecule has 208 valence electrons. The largest absolute Gasteiger partial charge is 0.459 e. The molecule has 13 heteroatoms. The number of aryl methyl sites for hydroxylation is 1. The molecular weight excluding hydrogens is 519 g/mol. The van der Waals surface area contributed by atoms with Gasteiger partial charge in [-0.05, 0) is 38.1 Å². The Morgan fingerprint density at radius 1 is 1.23 bits per heavy atom. The zero-order valence-electron chi connectivity index (χ0n) is 22.3. The number of cyclic esters (lactones) is 1. The van der Waals surface area contributed by atoms with E-state index in [4.69, 9.17) is 9.47 Å². The molecule has 2 amide bonds. The number of alkyl carbamates (subject to hydrolysis) is 1. The number of hydrogen-bond acceptors (Lipinski definition) is 9. The van der Waals surface area contributed by atoms with Gasteiger partial charge in [-0.3, -0.25) is 9.48 Å². The Kier molecular flexibility index (Phi) is 6.58. The summed E-state index contributed by atoms with van der Waals surface area (Å²) in [6.45, 7) is 6.17. The molecule has 40 heavy (non-hydrogen) atoms. The SMILES string of the molecule is C[C@H]1CN(c2ccc(C(=O)Nc3cc(F)c4nn(C)cc4c3)c3nc(OCC4CNC(=O)O4)ncc23)C[C@H](C)N1. The second-order valence-electron chi connectivity index (χ2n) is 10.3. The second kappa shape index (κ2) is 10.2. The average molecular weight is 549 g/mol. The van der Waals surface area contributed by atoms with Gasteiger partial charge in [0.1, 0.15) is 12.1 Å². The number of aromatic nitrogens is 4. The minimum absolute atomic E-state index is 0.0477. The summed E-state index contributed by atoms with van der Waals surface area (Å²) in [5.74, 6) is -0.990. The number of carbonyl (C=O) groups is 2. The minimum Gasteiger partial charge on any atom is -0.459 e. The maximum atomic E-state index is 14.7. The molecule has 2 aromatic heterocycles. The summed E-state index contributed by atoms with van der Waals surface area (Å²) < 4.78 is 27.0. The predicted octanol–water partition coefficient (Wildman–Crippen LogP) is 2.58. The van der Waals surface area contributed by atoms with Crippen molar-refractivity contribution >= 4 is 45.2 Å². The lowest BCUT2D eigenvalue weighted by Crippen LogP contribution is -2.54. The van der Waals surface area contributed by atoms with Crippen LogP contribution in [0.1, 0.15) is 24.2 Å². The highest BCUT2D eigenvalue weighted by molar-refractivity contribution is 6.14. The fraction of sp³-hybridized carbons (Fsp3) is 0.370. The van der Waals surface area contributed by atoms with Crippen LogP contribution in [0.3, 0.4) is 0 Å². The highest BCUT2D eigenvalue weighted by Crippen LogP contribution is 2.31. The number of amides is 2. The van der Waals surface area contributed by atoms with Crippen molar-refractivity contribution < 1.29 is 23.5 Å². The first-order chi connectivity index (χ1) is 19.2. The molecule has 0 saturated carbocycles. The maximum Gasteiger partial charge on any atom is 0.407 e. The topological polar surface area (TPSA) is 136 Å². The normalized spacial score (nSPS) is 20.9. The molecule has 2 saturated heterocycles. The quantitative estimate of drug-likeness (QED) is 0.332. The standard InChI is InChI=1S/C27H29FN8O4/c1-14-10-36(11-15(2)31-14)22-5-4-19(25(37)32-17-6-16-12-35(3)34-23(16)21(28)7-17)24-20(22)9-29-26(33-24)39-13-18-8-30-27(38)40-18/h4-7,9,12,14-15,18,31H,8,10-11,13H2,1-3H3,(H,30,38)(H,32,37)/t14-,15-,18?/m0/s1. The Balaban J connectivity index is 1.35. The smallest absolute Gasteiger partial charge is 0.407 e. The molecule has 2 fully saturated rings. The number of rotatable bonds is 6. The summed E-state index contributed by atoms with van der Waals surface area (Å²) in [5, 5.41) is 14.3. The average Bonchev–Trinajstić information content (AvgIpc) is 3.50. The van der Waals surface area contributed by atoms with Gasteiger partial charge in [0.15, 0.2) is 11.9 Å². The fourth-order valence-electron chi connectivity index (χ4n) is 5.32. The van der Waals surface area contributed by atoms with Crippen molar-refractivity contribution in [2.45, 2.75) is 32.0 Å². The monoisotopic (exact) mass is 548 g/mol. The van der Waals surface area contributed by atoms with Gasteiger partial charge in [-0.2, -0.15) is 10.1 Å². The van der Waals surface area contributed by atoms with E-state index >= 15 is 0 Å². The highest BCUT2D eigenvalue weighted by Gasteiger charge is 2.26. The third-order valence-corrected chi connectivity index (χ3v) is 6.93. The first-order valence-corrected chi connectivity index (χ1v) is 13.1. The zero-order valence-corrected chi connectivity index (χ0v) is 22.3. The summed E-state index contributed by atoms with van der Waals surface area (Å²) in [6.07, 6.45) is 2.35. The lowest BCUT2D eigenvalue weighted by Gasteiger charge is -2.38. The summed E-state index contributed by atoms with van der Waals surface area (Å²) in [6, 6.07) is 7.10. The third-order valence-electron chi connectivity index (χ3n) is 6.93. The van der Waals surface area contributed by atoms with Crippen LogP contribution in [-0.2, 0) is 11.8 Å². The predicted molar refractivity (Wildman–Crippen MR) is 146 cm³/mol.